The number of aromatic amines is 1. The molecule has 0 saturated carbocycles. The fourth-order valence-electron chi connectivity index (χ4n) is 3.63. The molecule has 2 N–H and O–H groups in total. The monoisotopic (exact) mass is 366 g/mol. The highest BCUT2D eigenvalue weighted by Gasteiger charge is 2.39. The van der Waals surface area contributed by atoms with E-state index in [2.05, 4.69) is 10.3 Å². The van der Waals surface area contributed by atoms with Crippen LogP contribution in [0.4, 0.5) is 5.69 Å². The number of H-pyrrole nitrogens is 1. The van der Waals surface area contributed by atoms with Crippen molar-refractivity contribution >= 4 is 23.4 Å². The Morgan fingerprint density at radius 3 is 2.30 bits per heavy atom. The summed E-state index contributed by atoms with van der Waals surface area (Å²) in [6.45, 7) is 5.69. The Hall–Kier alpha value is -3.09. The van der Waals surface area contributed by atoms with Crippen LogP contribution in [0.5, 0.6) is 0 Å². The Labute approximate surface area is 157 Å². The molecule has 2 aliphatic rings. The summed E-state index contributed by atoms with van der Waals surface area (Å²) in [4.78, 5) is 43.8. The van der Waals surface area contributed by atoms with Crippen LogP contribution >= 0.6 is 0 Å². The van der Waals surface area contributed by atoms with Gasteiger partial charge in [-0.2, -0.15) is 0 Å². The van der Waals surface area contributed by atoms with Gasteiger partial charge >= 0.3 is 0 Å². The van der Waals surface area contributed by atoms with Crippen molar-refractivity contribution in [1.82, 2.24) is 14.8 Å². The van der Waals surface area contributed by atoms with Crippen LogP contribution in [0, 0.1) is 0 Å². The highest BCUT2D eigenvalue weighted by atomic mass is 16.2. The number of carbonyl (C=O) groups is 3. The van der Waals surface area contributed by atoms with Gasteiger partial charge in [-0.1, -0.05) is 0 Å². The van der Waals surface area contributed by atoms with Crippen LogP contribution in [0.25, 0.3) is 0 Å². The molecule has 2 aliphatic heterocycles. The van der Waals surface area contributed by atoms with Crippen molar-refractivity contribution in [3.05, 3.63) is 53.3 Å². The second-order valence-electron chi connectivity index (χ2n) is 7.51. The molecule has 140 valence electrons. The van der Waals surface area contributed by atoms with Crippen LogP contribution in [0.2, 0.25) is 0 Å². The van der Waals surface area contributed by atoms with Gasteiger partial charge in [0.15, 0.2) is 0 Å². The van der Waals surface area contributed by atoms with Gasteiger partial charge in [-0.25, -0.2) is 0 Å². The molecule has 7 heteroatoms. The molecule has 1 fully saturated rings. The fraction of sp³-hybridized carbons (Fsp3) is 0.350. The minimum Gasteiger partial charge on any atom is -0.357 e. The smallest absolute Gasteiger partial charge is 0.270 e. The molecule has 3 amide bonds. The lowest BCUT2D eigenvalue weighted by molar-refractivity contribution is -0.119. The summed E-state index contributed by atoms with van der Waals surface area (Å²) in [7, 11) is 0. The molecule has 1 aromatic carbocycles. The van der Waals surface area contributed by atoms with Crippen molar-refractivity contribution in [3.63, 3.8) is 0 Å². The van der Waals surface area contributed by atoms with Gasteiger partial charge in [0, 0.05) is 43.6 Å². The Balaban J connectivity index is 1.46. The first kappa shape index (κ1) is 17.3. The molecule has 1 saturated heterocycles. The molecule has 3 heterocycles. The minimum atomic E-state index is -0.646. The molecule has 7 nitrogen and oxygen atoms in total. The topological polar surface area (TPSA) is 85.5 Å². The van der Waals surface area contributed by atoms with E-state index in [-0.39, 0.29) is 17.7 Å². The van der Waals surface area contributed by atoms with Crippen LogP contribution in [0.1, 0.15) is 40.3 Å². The zero-order valence-electron chi connectivity index (χ0n) is 15.4. The van der Waals surface area contributed by atoms with E-state index in [0.29, 0.717) is 37.4 Å². The van der Waals surface area contributed by atoms with Gasteiger partial charge in [-0.15, -0.1) is 0 Å². The van der Waals surface area contributed by atoms with Crippen LogP contribution in [0.15, 0.2) is 36.5 Å². The van der Waals surface area contributed by atoms with E-state index in [9.17, 15) is 14.4 Å². The third-order valence-electron chi connectivity index (χ3n) is 5.44. The predicted molar refractivity (Wildman–Crippen MR) is 101 cm³/mol. The Kier molecular flexibility index (Phi) is 4.02. The number of aromatic nitrogens is 1. The average Bonchev–Trinajstić information content (AvgIpc) is 3.28. The molecule has 0 bridgehead atoms. The number of rotatable bonds is 2. The number of nitrogens with zero attached hydrogens (tertiary/aromatic N) is 2. The number of anilines is 1. The first-order valence-corrected chi connectivity index (χ1v) is 9.06. The van der Waals surface area contributed by atoms with Crippen molar-refractivity contribution in [3.8, 4) is 0 Å². The van der Waals surface area contributed by atoms with Crippen LogP contribution in [0.3, 0.4) is 0 Å². The SMILES string of the molecule is CC1(C)C(=O)Nc2ccc(C(=O)N3CCN(C(=O)c4ccc[nH]4)CC3)cc21. The van der Waals surface area contributed by atoms with E-state index in [1.807, 2.05) is 19.9 Å². The summed E-state index contributed by atoms with van der Waals surface area (Å²) in [6, 6.07) is 8.90. The second-order valence-corrected chi connectivity index (χ2v) is 7.51. The molecular formula is C20H22N4O3. The van der Waals surface area contributed by atoms with Crippen molar-refractivity contribution in [2.24, 2.45) is 0 Å². The Bertz CT molecular complexity index is 909. The molecule has 27 heavy (non-hydrogen) atoms. The maximum absolute atomic E-state index is 12.9. The van der Waals surface area contributed by atoms with Crippen molar-refractivity contribution in [2.45, 2.75) is 19.3 Å². The van der Waals surface area contributed by atoms with Gasteiger partial charge in [0.25, 0.3) is 11.8 Å². The molecule has 0 unspecified atom stereocenters. The first-order chi connectivity index (χ1) is 12.9. The number of piperazine rings is 1. The lowest BCUT2D eigenvalue weighted by Crippen LogP contribution is -2.50. The second kappa shape index (κ2) is 6.26. The number of amides is 3. The van der Waals surface area contributed by atoms with Gasteiger partial charge < -0.3 is 20.1 Å². The normalized spacial score (nSPS) is 18.2. The standard InChI is InChI=1S/C20H22N4O3/c1-20(2)14-12-13(5-6-15(14)22-19(20)27)17(25)23-8-10-24(11-9-23)18(26)16-4-3-7-21-16/h3-7,12,21H,8-11H2,1-2H3,(H,22,27). The summed E-state index contributed by atoms with van der Waals surface area (Å²) in [5.74, 6) is -0.172. The highest BCUT2D eigenvalue weighted by molar-refractivity contribution is 6.07. The molecule has 2 aromatic rings. The quantitative estimate of drug-likeness (QED) is 0.850. The van der Waals surface area contributed by atoms with Gasteiger partial charge in [0.2, 0.25) is 5.91 Å². The molecule has 0 aliphatic carbocycles. The number of benzene rings is 1. The van der Waals surface area contributed by atoms with Crippen molar-refractivity contribution in [2.75, 3.05) is 31.5 Å². The van der Waals surface area contributed by atoms with Crippen molar-refractivity contribution in [1.29, 1.82) is 0 Å². The molecule has 0 radical (unpaired) electrons. The zero-order chi connectivity index (χ0) is 19.2. The summed E-state index contributed by atoms with van der Waals surface area (Å²) in [5, 5.41) is 2.85. The highest BCUT2D eigenvalue weighted by Crippen LogP contribution is 2.37. The lowest BCUT2D eigenvalue weighted by Gasteiger charge is -2.34. The third-order valence-corrected chi connectivity index (χ3v) is 5.44. The van der Waals surface area contributed by atoms with Crippen LogP contribution in [-0.2, 0) is 10.2 Å². The van der Waals surface area contributed by atoms with Gasteiger partial charge in [0.05, 0.1) is 5.41 Å². The van der Waals surface area contributed by atoms with Crippen LogP contribution in [-0.4, -0.2) is 58.7 Å². The van der Waals surface area contributed by atoms with Gasteiger partial charge in [-0.3, -0.25) is 14.4 Å². The minimum absolute atomic E-state index is 0.0454. The zero-order valence-corrected chi connectivity index (χ0v) is 15.4. The van der Waals surface area contributed by atoms with E-state index < -0.39 is 5.41 Å². The molecule has 0 atom stereocenters. The molecule has 0 spiro atoms. The number of fused-ring (bicyclic) bond motifs is 1. The van der Waals surface area contributed by atoms with Crippen LogP contribution < -0.4 is 5.32 Å². The Morgan fingerprint density at radius 2 is 1.67 bits per heavy atom. The Morgan fingerprint density at radius 1 is 1.00 bits per heavy atom. The van der Waals surface area contributed by atoms with E-state index >= 15 is 0 Å². The number of hydrogen-bond acceptors (Lipinski definition) is 3. The first-order valence-electron chi connectivity index (χ1n) is 9.06. The maximum Gasteiger partial charge on any atom is 0.270 e. The van der Waals surface area contributed by atoms with E-state index in [1.54, 1.807) is 40.3 Å². The molecular weight excluding hydrogens is 344 g/mol. The molecule has 4 rings (SSSR count). The van der Waals surface area contributed by atoms with E-state index in [0.717, 1.165) is 11.3 Å². The summed E-state index contributed by atoms with van der Waals surface area (Å²) < 4.78 is 0. The fourth-order valence-corrected chi connectivity index (χ4v) is 3.63. The summed E-state index contributed by atoms with van der Waals surface area (Å²) in [6.07, 6.45) is 1.72. The summed E-state index contributed by atoms with van der Waals surface area (Å²) >= 11 is 0. The average molecular weight is 366 g/mol. The number of nitrogens with one attached hydrogen (secondary N) is 2. The van der Waals surface area contributed by atoms with Crippen molar-refractivity contribution < 1.29 is 14.4 Å². The number of hydrogen-bond donors (Lipinski definition) is 2. The number of carbonyl (C=O) groups excluding carboxylic acids is 3. The summed E-state index contributed by atoms with van der Waals surface area (Å²) in [5.41, 5.74) is 2.10. The largest absolute Gasteiger partial charge is 0.357 e. The third kappa shape index (κ3) is 2.89. The predicted octanol–water partition coefficient (Wildman–Crippen LogP) is 1.84. The molecule has 1 aromatic heterocycles. The van der Waals surface area contributed by atoms with Gasteiger partial charge in [0.1, 0.15) is 5.69 Å². The van der Waals surface area contributed by atoms with E-state index in [4.69, 9.17) is 0 Å². The van der Waals surface area contributed by atoms with E-state index in [1.165, 1.54) is 0 Å². The lowest BCUT2D eigenvalue weighted by atomic mass is 9.85. The van der Waals surface area contributed by atoms with Gasteiger partial charge in [-0.05, 0) is 49.7 Å². The maximum atomic E-state index is 12.9.